The van der Waals surface area contributed by atoms with Crippen molar-refractivity contribution in [3.05, 3.63) is 81.8 Å². The molecule has 1 aromatic heterocycles. The highest BCUT2D eigenvalue weighted by Crippen LogP contribution is 2.17. The Hall–Kier alpha value is -4.05. The quantitative estimate of drug-likeness (QED) is 0.505. The number of hydrogen-bond acceptors (Lipinski definition) is 4. The molecule has 0 spiro atoms. The summed E-state index contributed by atoms with van der Waals surface area (Å²) >= 11 is 0. The summed E-state index contributed by atoms with van der Waals surface area (Å²) in [4.78, 5) is 25.6. The SMILES string of the molecule is CCOc1ccc(C=C(C#N)C(=O)Nc2c(C)n(C)n(-c3ccccc3)c2=O)cc1. The summed E-state index contributed by atoms with van der Waals surface area (Å²) < 4.78 is 8.52. The van der Waals surface area contributed by atoms with E-state index in [2.05, 4.69) is 5.32 Å². The fraction of sp³-hybridized carbons (Fsp3) is 0.174. The molecule has 0 saturated heterocycles. The van der Waals surface area contributed by atoms with E-state index >= 15 is 0 Å². The van der Waals surface area contributed by atoms with Crippen LogP contribution >= 0.6 is 0 Å². The summed E-state index contributed by atoms with van der Waals surface area (Å²) in [5.41, 5.74) is 1.60. The van der Waals surface area contributed by atoms with Crippen molar-refractivity contribution in [1.82, 2.24) is 9.36 Å². The highest BCUT2D eigenvalue weighted by Gasteiger charge is 2.19. The van der Waals surface area contributed by atoms with Crippen LogP contribution in [0.5, 0.6) is 5.75 Å². The molecule has 1 heterocycles. The maximum Gasteiger partial charge on any atom is 0.295 e. The van der Waals surface area contributed by atoms with Crippen molar-refractivity contribution in [2.45, 2.75) is 13.8 Å². The number of amides is 1. The average Bonchev–Trinajstić information content (AvgIpc) is 2.97. The maximum atomic E-state index is 12.9. The van der Waals surface area contributed by atoms with Crippen LogP contribution in [-0.4, -0.2) is 21.9 Å². The first-order chi connectivity index (χ1) is 14.5. The molecule has 0 aliphatic carbocycles. The van der Waals surface area contributed by atoms with E-state index < -0.39 is 5.91 Å². The molecule has 1 N–H and O–H groups in total. The van der Waals surface area contributed by atoms with Crippen molar-refractivity contribution in [2.75, 3.05) is 11.9 Å². The van der Waals surface area contributed by atoms with Crippen molar-refractivity contribution in [3.8, 4) is 17.5 Å². The molecule has 7 nitrogen and oxygen atoms in total. The monoisotopic (exact) mass is 402 g/mol. The molecule has 0 fully saturated rings. The molecule has 0 bridgehead atoms. The highest BCUT2D eigenvalue weighted by molar-refractivity contribution is 6.09. The van der Waals surface area contributed by atoms with Gasteiger partial charge in [-0.25, -0.2) is 4.68 Å². The zero-order valence-corrected chi connectivity index (χ0v) is 17.0. The third-order valence-electron chi connectivity index (χ3n) is 4.66. The smallest absolute Gasteiger partial charge is 0.295 e. The van der Waals surface area contributed by atoms with Gasteiger partial charge in [0.1, 0.15) is 23.1 Å². The second kappa shape index (κ2) is 8.97. The van der Waals surface area contributed by atoms with Gasteiger partial charge in [0, 0.05) is 7.05 Å². The predicted molar refractivity (Wildman–Crippen MR) is 116 cm³/mol. The van der Waals surface area contributed by atoms with E-state index in [1.165, 1.54) is 10.8 Å². The van der Waals surface area contributed by atoms with E-state index in [0.717, 1.165) is 0 Å². The lowest BCUT2D eigenvalue weighted by Crippen LogP contribution is -2.23. The van der Waals surface area contributed by atoms with Crippen LogP contribution in [0, 0.1) is 18.3 Å². The van der Waals surface area contributed by atoms with E-state index in [0.29, 0.717) is 29.3 Å². The lowest BCUT2D eigenvalue weighted by molar-refractivity contribution is -0.112. The number of nitrogens with one attached hydrogen (secondary N) is 1. The molecule has 0 saturated carbocycles. The van der Waals surface area contributed by atoms with Gasteiger partial charge < -0.3 is 10.1 Å². The van der Waals surface area contributed by atoms with Gasteiger partial charge in [-0.3, -0.25) is 14.3 Å². The van der Waals surface area contributed by atoms with Gasteiger partial charge in [0.25, 0.3) is 11.5 Å². The van der Waals surface area contributed by atoms with Gasteiger partial charge in [-0.05, 0) is 49.8 Å². The molecule has 7 heteroatoms. The Balaban J connectivity index is 1.89. The second-order valence-electron chi connectivity index (χ2n) is 6.56. The van der Waals surface area contributed by atoms with Gasteiger partial charge >= 0.3 is 0 Å². The number of rotatable bonds is 6. The summed E-state index contributed by atoms with van der Waals surface area (Å²) in [6, 6.07) is 18.1. The Bertz CT molecular complexity index is 1180. The van der Waals surface area contributed by atoms with Crippen molar-refractivity contribution in [2.24, 2.45) is 7.05 Å². The molecule has 0 aliphatic rings. The van der Waals surface area contributed by atoms with Gasteiger partial charge in [0.05, 0.1) is 18.0 Å². The molecular weight excluding hydrogens is 380 g/mol. The zero-order chi connectivity index (χ0) is 21.7. The van der Waals surface area contributed by atoms with Crippen LogP contribution in [0.25, 0.3) is 11.8 Å². The van der Waals surface area contributed by atoms with Crippen molar-refractivity contribution in [3.63, 3.8) is 0 Å². The van der Waals surface area contributed by atoms with E-state index in [4.69, 9.17) is 4.74 Å². The highest BCUT2D eigenvalue weighted by atomic mass is 16.5. The molecule has 2 aromatic carbocycles. The van der Waals surface area contributed by atoms with Crippen LogP contribution in [0.2, 0.25) is 0 Å². The number of para-hydroxylation sites is 1. The van der Waals surface area contributed by atoms with Gasteiger partial charge in [0.2, 0.25) is 0 Å². The molecular formula is C23H22N4O3. The van der Waals surface area contributed by atoms with Crippen LogP contribution in [0.1, 0.15) is 18.2 Å². The Kier molecular flexibility index (Phi) is 6.18. The summed E-state index contributed by atoms with van der Waals surface area (Å²) in [5, 5.41) is 12.1. The number of ether oxygens (including phenoxy) is 1. The van der Waals surface area contributed by atoms with Gasteiger partial charge in [-0.1, -0.05) is 30.3 Å². The predicted octanol–water partition coefficient (Wildman–Crippen LogP) is 3.43. The third-order valence-corrected chi connectivity index (χ3v) is 4.66. The fourth-order valence-corrected chi connectivity index (χ4v) is 3.04. The van der Waals surface area contributed by atoms with E-state index in [1.54, 1.807) is 55.1 Å². The number of benzene rings is 2. The Morgan fingerprint density at radius 2 is 1.83 bits per heavy atom. The number of nitrogens with zero attached hydrogens (tertiary/aromatic N) is 3. The molecule has 0 radical (unpaired) electrons. The van der Waals surface area contributed by atoms with E-state index in [-0.39, 0.29) is 16.8 Å². The lowest BCUT2D eigenvalue weighted by Gasteiger charge is -2.07. The molecule has 0 atom stereocenters. The molecule has 0 aliphatic heterocycles. The first kappa shape index (κ1) is 20.7. The third kappa shape index (κ3) is 4.18. The fourth-order valence-electron chi connectivity index (χ4n) is 3.04. The topological polar surface area (TPSA) is 89.0 Å². The Morgan fingerprint density at radius 1 is 1.17 bits per heavy atom. The normalized spacial score (nSPS) is 11.1. The first-order valence-electron chi connectivity index (χ1n) is 9.46. The molecule has 30 heavy (non-hydrogen) atoms. The first-order valence-corrected chi connectivity index (χ1v) is 9.46. The van der Waals surface area contributed by atoms with Crippen molar-refractivity contribution < 1.29 is 9.53 Å². The number of carbonyl (C=O) groups is 1. The molecule has 152 valence electrons. The number of anilines is 1. The minimum Gasteiger partial charge on any atom is -0.494 e. The minimum atomic E-state index is -0.641. The number of aromatic nitrogens is 2. The van der Waals surface area contributed by atoms with E-state index in [9.17, 15) is 14.9 Å². The molecule has 0 unspecified atom stereocenters. The zero-order valence-electron chi connectivity index (χ0n) is 17.0. The van der Waals surface area contributed by atoms with Gasteiger partial charge in [0.15, 0.2) is 0 Å². The van der Waals surface area contributed by atoms with E-state index in [1.807, 2.05) is 31.2 Å². The summed E-state index contributed by atoms with van der Waals surface area (Å²) in [6.07, 6.45) is 1.47. The largest absolute Gasteiger partial charge is 0.494 e. The summed E-state index contributed by atoms with van der Waals surface area (Å²) in [6.45, 7) is 4.18. The summed E-state index contributed by atoms with van der Waals surface area (Å²) in [5.74, 6) is 0.0661. The average molecular weight is 402 g/mol. The molecule has 1 amide bonds. The van der Waals surface area contributed by atoms with Crippen LogP contribution in [-0.2, 0) is 11.8 Å². The number of nitriles is 1. The van der Waals surface area contributed by atoms with Crippen LogP contribution in [0.3, 0.4) is 0 Å². The lowest BCUT2D eigenvalue weighted by atomic mass is 10.1. The standard InChI is InChI=1S/C23H22N4O3/c1-4-30-20-12-10-17(11-13-20)14-18(15-24)22(28)25-21-16(2)26(3)27(23(21)29)19-8-6-5-7-9-19/h5-14H,4H2,1-3H3,(H,25,28). The van der Waals surface area contributed by atoms with Crippen LogP contribution < -0.4 is 15.6 Å². The molecule has 3 aromatic rings. The Morgan fingerprint density at radius 3 is 2.43 bits per heavy atom. The van der Waals surface area contributed by atoms with Crippen molar-refractivity contribution >= 4 is 17.7 Å². The summed E-state index contributed by atoms with van der Waals surface area (Å²) in [7, 11) is 1.74. The molecule has 3 rings (SSSR count). The van der Waals surface area contributed by atoms with Crippen LogP contribution in [0.15, 0.2) is 65.0 Å². The second-order valence-corrected chi connectivity index (χ2v) is 6.56. The van der Waals surface area contributed by atoms with Gasteiger partial charge in [-0.15, -0.1) is 0 Å². The van der Waals surface area contributed by atoms with Crippen LogP contribution in [0.4, 0.5) is 5.69 Å². The number of hydrogen-bond donors (Lipinski definition) is 1. The maximum absolute atomic E-state index is 12.9. The van der Waals surface area contributed by atoms with Gasteiger partial charge in [-0.2, -0.15) is 5.26 Å². The minimum absolute atomic E-state index is 0.104. The number of carbonyl (C=O) groups excluding carboxylic acids is 1. The van der Waals surface area contributed by atoms with Crippen molar-refractivity contribution in [1.29, 1.82) is 5.26 Å². The Labute approximate surface area is 174 Å².